The summed E-state index contributed by atoms with van der Waals surface area (Å²) in [6.45, 7) is 3.36. The first-order valence-corrected chi connectivity index (χ1v) is 10.4. The van der Waals surface area contributed by atoms with E-state index >= 15 is 0 Å². The van der Waals surface area contributed by atoms with Crippen LogP contribution in [0.5, 0.6) is 0 Å². The lowest BCUT2D eigenvalue weighted by atomic mass is 9.89. The van der Waals surface area contributed by atoms with Crippen molar-refractivity contribution in [2.45, 2.75) is 32.7 Å². The van der Waals surface area contributed by atoms with Gasteiger partial charge in [0.05, 0.1) is 21.8 Å². The van der Waals surface area contributed by atoms with Gasteiger partial charge in [-0.25, -0.2) is 0 Å². The minimum atomic E-state index is -0.0525. The zero-order chi connectivity index (χ0) is 18.0. The zero-order valence-corrected chi connectivity index (χ0v) is 16.7. The first kappa shape index (κ1) is 18.4. The highest BCUT2D eigenvalue weighted by molar-refractivity contribution is 7.16. The standard InChI is InChI=1S/C18H20ClN3OS2/c1-11-3-5-13-14(8-20)18(25-15(13)7-11)21-17(23)10-22(2)9-12-4-6-16(19)24-12/h4,6,11H,3,5,7,9-10H2,1-2H3,(H,21,23)/p+1/t11-/m0/s1. The predicted octanol–water partition coefficient (Wildman–Crippen LogP) is 3.11. The Morgan fingerprint density at radius 2 is 2.28 bits per heavy atom. The van der Waals surface area contributed by atoms with Crippen molar-refractivity contribution in [2.24, 2.45) is 5.92 Å². The average molecular weight is 395 g/mol. The predicted molar refractivity (Wildman–Crippen MR) is 104 cm³/mol. The molecule has 1 amide bonds. The third-order valence-corrected chi connectivity index (χ3v) is 6.84. The number of nitrogens with one attached hydrogen (secondary N) is 2. The Morgan fingerprint density at radius 3 is 2.96 bits per heavy atom. The Bertz CT molecular complexity index is 821. The van der Waals surface area contributed by atoms with Gasteiger partial charge in [-0.15, -0.1) is 22.7 Å². The second-order valence-electron chi connectivity index (χ2n) is 6.73. The Kier molecular flexibility index (Phi) is 5.80. The van der Waals surface area contributed by atoms with Crippen molar-refractivity contribution in [1.29, 1.82) is 5.26 Å². The lowest BCUT2D eigenvalue weighted by Crippen LogP contribution is -3.08. The molecule has 4 nitrogen and oxygen atoms in total. The highest BCUT2D eigenvalue weighted by atomic mass is 35.5. The van der Waals surface area contributed by atoms with Crippen molar-refractivity contribution in [2.75, 3.05) is 18.9 Å². The van der Waals surface area contributed by atoms with E-state index in [1.807, 2.05) is 19.2 Å². The van der Waals surface area contributed by atoms with Gasteiger partial charge in [-0.2, -0.15) is 5.26 Å². The first-order chi connectivity index (χ1) is 12.0. The molecule has 2 atom stereocenters. The van der Waals surface area contributed by atoms with Gasteiger partial charge in [0.15, 0.2) is 6.54 Å². The summed E-state index contributed by atoms with van der Waals surface area (Å²) in [5.74, 6) is 0.595. The molecule has 0 aromatic carbocycles. The average Bonchev–Trinajstić information content (AvgIpc) is 3.09. The number of carbonyl (C=O) groups excluding carboxylic acids is 1. The molecule has 1 unspecified atom stereocenters. The number of carbonyl (C=O) groups is 1. The normalized spacial score (nSPS) is 17.6. The summed E-state index contributed by atoms with van der Waals surface area (Å²) in [6, 6.07) is 6.17. The third-order valence-electron chi connectivity index (χ3n) is 4.44. The maximum atomic E-state index is 12.4. The van der Waals surface area contributed by atoms with Gasteiger partial charge in [0.25, 0.3) is 5.91 Å². The molecule has 0 aliphatic heterocycles. The summed E-state index contributed by atoms with van der Waals surface area (Å²) in [6.07, 6.45) is 3.06. The van der Waals surface area contributed by atoms with Crippen LogP contribution in [0.3, 0.4) is 0 Å². The van der Waals surface area contributed by atoms with Crippen molar-refractivity contribution >= 4 is 45.2 Å². The summed E-state index contributed by atoms with van der Waals surface area (Å²) >= 11 is 9.07. The zero-order valence-electron chi connectivity index (χ0n) is 14.3. The number of anilines is 1. The van der Waals surface area contributed by atoms with Crippen molar-refractivity contribution in [3.8, 4) is 6.07 Å². The SMILES string of the molecule is C[C@H]1CCc2c(sc(NC(=O)C[NH+](C)Cc3ccc(Cl)s3)c2C#N)C1. The second kappa shape index (κ2) is 7.88. The van der Waals surface area contributed by atoms with E-state index in [0.29, 0.717) is 18.0 Å². The number of hydrogen-bond donors (Lipinski definition) is 2. The van der Waals surface area contributed by atoms with Crippen LogP contribution in [0, 0.1) is 17.2 Å². The highest BCUT2D eigenvalue weighted by Gasteiger charge is 2.25. The Labute approximate surface area is 161 Å². The topological polar surface area (TPSA) is 57.3 Å². The highest BCUT2D eigenvalue weighted by Crippen LogP contribution is 2.39. The number of nitriles is 1. The van der Waals surface area contributed by atoms with Crippen LogP contribution >= 0.6 is 34.3 Å². The summed E-state index contributed by atoms with van der Waals surface area (Å²) in [4.78, 5) is 15.9. The van der Waals surface area contributed by atoms with Gasteiger partial charge in [-0.05, 0) is 42.9 Å². The Hall–Kier alpha value is -1.39. The Balaban J connectivity index is 1.64. The third kappa shape index (κ3) is 4.42. The molecule has 132 valence electrons. The lowest BCUT2D eigenvalue weighted by Gasteiger charge is -2.17. The van der Waals surface area contributed by atoms with Crippen LogP contribution in [-0.4, -0.2) is 19.5 Å². The smallest absolute Gasteiger partial charge is 0.280 e. The molecule has 2 N–H and O–H groups in total. The molecule has 0 bridgehead atoms. The molecule has 0 spiro atoms. The number of quaternary nitrogens is 1. The fourth-order valence-electron chi connectivity index (χ4n) is 3.21. The van der Waals surface area contributed by atoms with E-state index in [2.05, 4.69) is 18.3 Å². The summed E-state index contributed by atoms with van der Waals surface area (Å²) in [5.41, 5.74) is 1.82. The van der Waals surface area contributed by atoms with E-state index in [-0.39, 0.29) is 5.91 Å². The molecule has 0 saturated heterocycles. The van der Waals surface area contributed by atoms with E-state index < -0.39 is 0 Å². The van der Waals surface area contributed by atoms with Crippen LogP contribution in [-0.2, 0) is 24.2 Å². The van der Waals surface area contributed by atoms with Crippen LogP contribution < -0.4 is 10.2 Å². The number of hydrogen-bond acceptors (Lipinski definition) is 4. The summed E-state index contributed by atoms with van der Waals surface area (Å²) in [7, 11) is 1.99. The van der Waals surface area contributed by atoms with Crippen molar-refractivity contribution < 1.29 is 9.69 Å². The molecule has 2 aromatic heterocycles. The van der Waals surface area contributed by atoms with Crippen molar-refractivity contribution in [1.82, 2.24) is 0 Å². The summed E-state index contributed by atoms with van der Waals surface area (Å²) in [5, 5.41) is 13.2. The molecule has 2 aromatic rings. The van der Waals surface area contributed by atoms with Crippen LogP contribution in [0.2, 0.25) is 4.34 Å². The van der Waals surface area contributed by atoms with Crippen LogP contribution in [0.15, 0.2) is 12.1 Å². The van der Waals surface area contributed by atoms with Gasteiger partial charge in [0.1, 0.15) is 17.6 Å². The monoisotopic (exact) mass is 394 g/mol. The first-order valence-electron chi connectivity index (χ1n) is 8.36. The number of amides is 1. The van der Waals surface area contributed by atoms with Crippen LogP contribution in [0.4, 0.5) is 5.00 Å². The summed E-state index contributed by atoms with van der Waals surface area (Å²) < 4.78 is 0.768. The number of halogens is 1. The molecule has 0 fully saturated rings. The largest absolute Gasteiger partial charge is 0.325 e. The maximum absolute atomic E-state index is 12.4. The van der Waals surface area contributed by atoms with Crippen LogP contribution in [0.1, 0.15) is 34.2 Å². The Morgan fingerprint density at radius 1 is 1.48 bits per heavy atom. The molecule has 25 heavy (non-hydrogen) atoms. The number of fused-ring (bicyclic) bond motifs is 1. The molecule has 0 radical (unpaired) electrons. The van der Waals surface area contributed by atoms with Gasteiger partial charge in [-0.3, -0.25) is 4.79 Å². The fourth-order valence-corrected chi connectivity index (χ4v) is 5.79. The van der Waals surface area contributed by atoms with Gasteiger partial charge in [-0.1, -0.05) is 18.5 Å². The van der Waals surface area contributed by atoms with Crippen molar-refractivity contribution in [3.05, 3.63) is 37.4 Å². The van der Waals surface area contributed by atoms with Gasteiger partial charge >= 0.3 is 0 Å². The van der Waals surface area contributed by atoms with Crippen LogP contribution in [0.25, 0.3) is 0 Å². The van der Waals surface area contributed by atoms with E-state index in [0.717, 1.165) is 50.5 Å². The fraction of sp³-hybridized carbons (Fsp3) is 0.444. The lowest BCUT2D eigenvalue weighted by molar-refractivity contribution is -0.884. The molecule has 3 rings (SSSR count). The molecule has 1 aliphatic carbocycles. The molecular weight excluding hydrogens is 374 g/mol. The second-order valence-corrected chi connectivity index (χ2v) is 9.64. The van der Waals surface area contributed by atoms with Gasteiger partial charge in [0.2, 0.25) is 0 Å². The number of nitrogens with zero attached hydrogens (tertiary/aromatic N) is 1. The van der Waals surface area contributed by atoms with Crippen molar-refractivity contribution in [3.63, 3.8) is 0 Å². The van der Waals surface area contributed by atoms with E-state index in [4.69, 9.17) is 11.6 Å². The molecule has 1 aliphatic rings. The molecule has 2 heterocycles. The number of thiophene rings is 2. The molecular formula is C18H21ClN3OS2+. The van der Waals surface area contributed by atoms with Gasteiger partial charge < -0.3 is 10.2 Å². The van der Waals surface area contributed by atoms with E-state index in [9.17, 15) is 10.1 Å². The molecule has 7 heteroatoms. The quantitative estimate of drug-likeness (QED) is 0.818. The number of rotatable bonds is 5. The maximum Gasteiger partial charge on any atom is 0.280 e. The minimum Gasteiger partial charge on any atom is -0.325 e. The number of likely N-dealkylation sites (N-methyl/N-ethyl adjacent to an activating group) is 1. The van der Waals surface area contributed by atoms with E-state index in [1.54, 1.807) is 22.7 Å². The van der Waals surface area contributed by atoms with E-state index in [1.165, 1.54) is 4.88 Å². The molecule has 0 saturated carbocycles. The minimum absolute atomic E-state index is 0.0525. The van der Waals surface area contributed by atoms with Gasteiger partial charge in [0, 0.05) is 4.88 Å².